The molecule has 2 aliphatic heterocycles. The number of rotatable bonds is 8. The predicted octanol–water partition coefficient (Wildman–Crippen LogP) is 5.32. The summed E-state index contributed by atoms with van der Waals surface area (Å²) in [5, 5.41) is 1.04. The maximum absolute atomic E-state index is 13.0. The predicted molar refractivity (Wildman–Crippen MR) is 147 cm³/mol. The molecule has 3 aromatic rings. The first kappa shape index (κ1) is 25.8. The molecule has 7 nitrogen and oxygen atoms in total. The van der Waals surface area contributed by atoms with Crippen LogP contribution in [0.15, 0.2) is 72.3 Å². The molecule has 9 heteroatoms. The number of thioether (sulfide) groups is 1. The number of methoxy groups -OCH3 is 1. The molecule has 1 aromatic heterocycles. The number of nitrogens with zero attached hydrogens (tertiary/aromatic N) is 2. The lowest BCUT2D eigenvalue weighted by Gasteiger charge is -2.39. The Morgan fingerprint density at radius 1 is 1.24 bits per heavy atom. The van der Waals surface area contributed by atoms with Crippen molar-refractivity contribution in [1.82, 2.24) is 14.6 Å². The summed E-state index contributed by atoms with van der Waals surface area (Å²) >= 11 is 1.37. The van der Waals surface area contributed by atoms with Gasteiger partial charge in [0, 0.05) is 30.7 Å². The second-order valence-electron chi connectivity index (χ2n) is 9.70. The molecule has 0 aliphatic carbocycles. The molecule has 2 aromatic carbocycles. The van der Waals surface area contributed by atoms with Crippen molar-refractivity contribution in [2.24, 2.45) is 11.8 Å². The molecule has 0 spiro atoms. The Morgan fingerprint density at radius 2 is 2.03 bits per heavy atom. The van der Waals surface area contributed by atoms with Gasteiger partial charge in [-0.2, -0.15) is 0 Å². The molecular weight excluding hydrogens is 506 g/mol. The third-order valence-electron chi connectivity index (χ3n) is 7.53. The Morgan fingerprint density at radius 3 is 2.76 bits per heavy atom. The number of hydrogen-bond acceptors (Lipinski definition) is 6. The van der Waals surface area contributed by atoms with E-state index in [0.717, 1.165) is 40.6 Å². The van der Waals surface area contributed by atoms with E-state index in [1.807, 2.05) is 42.2 Å². The highest BCUT2D eigenvalue weighted by molar-refractivity contribution is 8.14. The fourth-order valence-electron chi connectivity index (χ4n) is 5.43. The Balaban J connectivity index is 1.36. The highest BCUT2D eigenvalue weighted by Gasteiger charge is 2.46. The first-order valence-electron chi connectivity index (χ1n) is 12.4. The topological polar surface area (TPSA) is 88.6 Å². The molecule has 1 amide bonds. The van der Waals surface area contributed by atoms with Crippen LogP contribution in [-0.2, 0) is 10.0 Å². The van der Waals surface area contributed by atoms with Gasteiger partial charge in [-0.05, 0) is 73.6 Å². The molecule has 3 heterocycles. The standard InChI is InChI=1S/C28H31N3O4S2/c1-4-19(17-30-37(33,34)22-8-5-18(2)6-9-22)20-12-14-31-26(15-20)27(36-28(31)32)23-11-13-29-25-10-7-21(35-3)16-24(23)25/h4-11,13,16,19-20,26-27,30H,1,12,14-15,17H2,2-3H3/t19-,20-,26-,27+/m0/s1. The van der Waals surface area contributed by atoms with E-state index >= 15 is 0 Å². The van der Waals surface area contributed by atoms with Crippen LogP contribution in [0, 0.1) is 18.8 Å². The highest BCUT2D eigenvalue weighted by Crippen LogP contribution is 2.50. The van der Waals surface area contributed by atoms with Crippen molar-refractivity contribution in [2.45, 2.75) is 36.0 Å². The van der Waals surface area contributed by atoms with Crippen LogP contribution in [-0.4, -0.2) is 49.8 Å². The fourth-order valence-corrected chi connectivity index (χ4v) is 7.82. The largest absolute Gasteiger partial charge is 0.497 e. The van der Waals surface area contributed by atoms with E-state index < -0.39 is 10.0 Å². The van der Waals surface area contributed by atoms with Gasteiger partial charge in [0.15, 0.2) is 0 Å². The van der Waals surface area contributed by atoms with Gasteiger partial charge in [0.25, 0.3) is 5.24 Å². The first-order chi connectivity index (χ1) is 17.8. The molecule has 2 aliphatic rings. The SMILES string of the molecule is C=C[C@@H](CNS(=O)(=O)c1ccc(C)cc1)[C@H]1CCN2C(=O)S[C@H](c3ccnc4ccc(OC)cc34)[C@@H]2C1. The van der Waals surface area contributed by atoms with Crippen LogP contribution in [0.5, 0.6) is 5.75 Å². The monoisotopic (exact) mass is 537 g/mol. The van der Waals surface area contributed by atoms with Crippen molar-refractivity contribution in [2.75, 3.05) is 20.2 Å². The maximum Gasteiger partial charge on any atom is 0.282 e. The molecule has 2 fully saturated rings. The van der Waals surface area contributed by atoms with Crippen LogP contribution in [0.4, 0.5) is 4.79 Å². The van der Waals surface area contributed by atoms with Crippen LogP contribution in [0.3, 0.4) is 0 Å². The average Bonchev–Trinajstić information content (AvgIpc) is 3.24. The van der Waals surface area contributed by atoms with Gasteiger partial charge < -0.3 is 9.64 Å². The number of carbonyl (C=O) groups is 1. The van der Waals surface area contributed by atoms with Gasteiger partial charge in [0.1, 0.15) is 5.75 Å². The Kier molecular flexibility index (Phi) is 7.29. The number of fused-ring (bicyclic) bond motifs is 2. The third-order valence-corrected chi connectivity index (χ3v) is 10.2. The molecule has 194 valence electrons. The molecule has 0 saturated carbocycles. The number of nitrogens with one attached hydrogen (secondary N) is 1. The number of piperidine rings is 1. The summed E-state index contributed by atoms with van der Waals surface area (Å²) in [6.45, 7) is 6.87. The van der Waals surface area contributed by atoms with E-state index in [1.165, 1.54) is 11.8 Å². The summed E-state index contributed by atoms with van der Waals surface area (Å²) in [5.74, 6) is 0.913. The van der Waals surface area contributed by atoms with E-state index in [2.05, 4.69) is 16.3 Å². The van der Waals surface area contributed by atoms with Crippen molar-refractivity contribution in [3.05, 3.63) is 78.5 Å². The normalized spacial score (nSPS) is 22.6. The summed E-state index contributed by atoms with van der Waals surface area (Å²) in [6.07, 6.45) is 5.23. The fraction of sp³-hybridized carbons (Fsp3) is 0.357. The summed E-state index contributed by atoms with van der Waals surface area (Å²) < 4.78 is 34.0. The van der Waals surface area contributed by atoms with Gasteiger partial charge in [-0.15, -0.1) is 6.58 Å². The lowest BCUT2D eigenvalue weighted by atomic mass is 9.79. The van der Waals surface area contributed by atoms with Gasteiger partial charge in [0.2, 0.25) is 10.0 Å². The number of aryl methyl sites for hydroxylation is 1. The summed E-state index contributed by atoms with van der Waals surface area (Å²) in [7, 11) is -1.98. The minimum absolute atomic E-state index is 0.0178. The number of ether oxygens (including phenoxy) is 1. The van der Waals surface area contributed by atoms with Crippen LogP contribution < -0.4 is 9.46 Å². The van der Waals surface area contributed by atoms with Gasteiger partial charge in [-0.25, -0.2) is 13.1 Å². The second kappa shape index (κ2) is 10.5. The number of hydrogen-bond donors (Lipinski definition) is 1. The summed E-state index contributed by atoms with van der Waals surface area (Å²) in [6, 6.07) is 14.7. The third kappa shape index (κ3) is 5.12. The zero-order valence-corrected chi connectivity index (χ0v) is 22.6. The van der Waals surface area contributed by atoms with Crippen molar-refractivity contribution in [3.63, 3.8) is 0 Å². The number of benzene rings is 2. The number of amides is 1. The van der Waals surface area contributed by atoms with E-state index in [-0.39, 0.29) is 39.8 Å². The Labute approximate surface area is 222 Å². The quantitative estimate of drug-likeness (QED) is 0.391. The Bertz CT molecular complexity index is 1430. The van der Waals surface area contributed by atoms with Gasteiger partial charge >= 0.3 is 0 Å². The molecule has 0 radical (unpaired) electrons. The van der Waals surface area contributed by atoms with Crippen LogP contribution in [0.25, 0.3) is 10.9 Å². The van der Waals surface area contributed by atoms with E-state index in [9.17, 15) is 13.2 Å². The first-order valence-corrected chi connectivity index (χ1v) is 14.8. The molecule has 37 heavy (non-hydrogen) atoms. The lowest BCUT2D eigenvalue weighted by Crippen LogP contribution is -2.44. The molecular formula is C28H31N3O4S2. The average molecular weight is 538 g/mol. The van der Waals surface area contributed by atoms with Crippen LogP contribution in [0.2, 0.25) is 0 Å². The molecule has 2 saturated heterocycles. The molecule has 4 atom stereocenters. The Hall–Kier alpha value is -2.88. The van der Waals surface area contributed by atoms with Crippen LogP contribution in [0.1, 0.15) is 29.2 Å². The summed E-state index contributed by atoms with van der Waals surface area (Å²) in [4.78, 5) is 19.7. The molecule has 0 bridgehead atoms. The maximum atomic E-state index is 13.0. The van der Waals surface area contributed by atoms with Gasteiger partial charge in [-0.3, -0.25) is 9.78 Å². The van der Waals surface area contributed by atoms with E-state index in [4.69, 9.17) is 4.74 Å². The zero-order valence-electron chi connectivity index (χ0n) is 21.0. The number of sulfonamides is 1. The lowest BCUT2D eigenvalue weighted by molar-refractivity contribution is 0.135. The molecule has 0 unspecified atom stereocenters. The minimum atomic E-state index is -3.62. The van der Waals surface area contributed by atoms with Gasteiger partial charge in [-0.1, -0.05) is 35.5 Å². The number of aromatic nitrogens is 1. The minimum Gasteiger partial charge on any atom is -0.497 e. The number of carbonyl (C=O) groups excluding carboxylic acids is 1. The summed E-state index contributed by atoms with van der Waals surface area (Å²) in [5.41, 5.74) is 2.95. The highest BCUT2D eigenvalue weighted by atomic mass is 32.2. The van der Waals surface area contributed by atoms with E-state index in [0.29, 0.717) is 6.54 Å². The zero-order chi connectivity index (χ0) is 26.2. The van der Waals surface area contributed by atoms with Crippen LogP contribution >= 0.6 is 11.8 Å². The van der Waals surface area contributed by atoms with Crippen molar-refractivity contribution < 1.29 is 17.9 Å². The number of pyridine rings is 1. The van der Waals surface area contributed by atoms with Crippen molar-refractivity contribution >= 4 is 37.9 Å². The molecule has 5 rings (SSSR count). The second-order valence-corrected chi connectivity index (χ2v) is 12.6. The van der Waals surface area contributed by atoms with Crippen molar-refractivity contribution in [3.8, 4) is 5.75 Å². The van der Waals surface area contributed by atoms with E-state index in [1.54, 1.807) is 37.6 Å². The smallest absolute Gasteiger partial charge is 0.282 e. The van der Waals surface area contributed by atoms with Gasteiger partial charge in [0.05, 0.1) is 22.8 Å². The molecule has 1 N–H and O–H groups in total. The van der Waals surface area contributed by atoms with Crippen molar-refractivity contribution in [1.29, 1.82) is 0 Å².